The summed E-state index contributed by atoms with van der Waals surface area (Å²) in [5.74, 6) is 1.56. The number of rotatable bonds is 6. The average Bonchev–Trinajstić information content (AvgIpc) is 3.31. The van der Waals surface area contributed by atoms with Gasteiger partial charge in [-0.1, -0.05) is 24.3 Å². The molecule has 3 N–H and O–H groups in total. The number of H-pyrrole nitrogens is 1. The van der Waals surface area contributed by atoms with Gasteiger partial charge in [0.1, 0.15) is 5.75 Å². The van der Waals surface area contributed by atoms with Crippen molar-refractivity contribution >= 4 is 22.9 Å². The normalized spacial score (nSPS) is 13.0. The van der Waals surface area contributed by atoms with Gasteiger partial charge in [0.05, 0.1) is 0 Å². The van der Waals surface area contributed by atoms with E-state index in [1.165, 1.54) is 6.08 Å². The van der Waals surface area contributed by atoms with E-state index in [9.17, 15) is 9.90 Å². The van der Waals surface area contributed by atoms with Gasteiger partial charge in [0.15, 0.2) is 11.5 Å². The summed E-state index contributed by atoms with van der Waals surface area (Å²) in [6.07, 6.45) is 9.47. The second-order valence-electron chi connectivity index (χ2n) is 6.42. The van der Waals surface area contributed by atoms with E-state index in [1.54, 1.807) is 24.3 Å². The molecular weight excluding hydrogens is 356 g/mol. The molecule has 4 rings (SSSR count). The van der Waals surface area contributed by atoms with Crippen LogP contribution in [0.25, 0.3) is 17.0 Å². The molecule has 1 aliphatic rings. The van der Waals surface area contributed by atoms with E-state index >= 15 is 0 Å². The van der Waals surface area contributed by atoms with E-state index in [4.69, 9.17) is 9.47 Å². The van der Waals surface area contributed by atoms with Gasteiger partial charge >= 0.3 is 0 Å². The molecule has 6 heteroatoms. The molecule has 0 bridgehead atoms. The van der Waals surface area contributed by atoms with Crippen molar-refractivity contribution < 1.29 is 19.4 Å². The Morgan fingerprint density at radius 3 is 2.96 bits per heavy atom. The highest BCUT2D eigenvalue weighted by Crippen LogP contribution is 2.32. The summed E-state index contributed by atoms with van der Waals surface area (Å²) in [5, 5.41) is 13.5. The molecule has 1 aliphatic heterocycles. The smallest absolute Gasteiger partial charge is 0.243 e. The second kappa shape index (κ2) is 7.92. The Hall–Kier alpha value is -3.67. The van der Waals surface area contributed by atoms with Crippen molar-refractivity contribution in [2.24, 2.45) is 0 Å². The monoisotopic (exact) mass is 376 g/mol. The van der Waals surface area contributed by atoms with E-state index in [-0.39, 0.29) is 18.4 Å². The van der Waals surface area contributed by atoms with Crippen LogP contribution < -0.4 is 14.8 Å². The minimum atomic E-state index is -0.155. The van der Waals surface area contributed by atoms with Crippen LogP contribution in [0, 0.1) is 0 Å². The number of phenolic OH excluding ortho intramolecular Hbond substituents is 1. The Balaban J connectivity index is 1.26. The molecule has 0 unspecified atom stereocenters. The molecule has 0 radical (unpaired) electrons. The predicted octanol–water partition coefficient (Wildman–Crippen LogP) is 3.53. The minimum Gasteiger partial charge on any atom is -0.508 e. The molecule has 1 amide bonds. The lowest BCUT2D eigenvalue weighted by Crippen LogP contribution is -2.23. The molecule has 142 valence electrons. The zero-order valence-corrected chi connectivity index (χ0v) is 15.1. The van der Waals surface area contributed by atoms with Gasteiger partial charge in [0.25, 0.3) is 0 Å². The van der Waals surface area contributed by atoms with Crippen molar-refractivity contribution in [1.29, 1.82) is 0 Å². The number of fused-ring (bicyclic) bond motifs is 2. The molecule has 0 fully saturated rings. The summed E-state index contributed by atoms with van der Waals surface area (Å²) < 4.78 is 10.6. The third-order valence-corrected chi connectivity index (χ3v) is 4.49. The van der Waals surface area contributed by atoms with Gasteiger partial charge in [-0.2, -0.15) is 0 Å². The number of hydrogen-bond donors (Lipinski definition) is 3. The van der Waals surface area contributed by atoms with Crippen molar-refractivity contribution in [3.63, 3.8) is 0 Å². The molecular formula is C22H20N2O4. The number of benzene rings is 2. The van der Waals surface area contributed by atoms with Crippen LogP contribution in [0.1, 0.15) is 11.1 Å². The number of hydrogen-bond acceptors (Lipinski definition) is 4. The van der Waals surface area contributed by atoms with Gasteiger partial charge in [0.2, 0.25) is 12.7 Å². The lowest BCUT2D eigenvalue weighted by atomic mass is 10.1. The molecule has 6 nitrogen and oxygen atoms in total. The van der Waals surface area contributed by atoms with Crippen molar-refractivity contribution in [1.82, 2.24) is 10.3 Å². The first-order valence-corrected chi connectivity index (χ1v) is 9.00. The standard InChI is InChI=1S/C22H20N2O4/c25-17-6-7-19-18(12-17)16(13-24-19)9-10-23-22(26)4-2-1-3-15-5-8-20-21(11-15)28-14-27-20/h1-8,11-13,24-25H,9-10,14H2,(H,23,26)/b3-1+,4-2+. The van der Waals surface area contributed by atoms with Crippen molar-refractivity contribution in [3.05, 3.63) is 72.0 Å². The van der Waals surface area contributed by atoms with E-state index in [0.29, 0.717) is 13.0 Å². The lowest BCUT2D eigenvalue weighted by Gasteiger charge is -2.02. The molecule has 1 aromatic heterocycles. The highest BCUT2D eigenvalue weighted by atomic mass is 16.7. The summed E-state index contributed by atoms with van der Waals surface area (Å²) in [4.78, 5) is 15.1. The molecule has 0 aliphatic carbocycles. The zero-order chi connectivity index (χ0) is 19.3. The summed E-state index contributed by atoms with van der Waals surface area (Å²) in [6.45, 7) is 0.764. The molecule has 0 atom stereocenters. The average molecular weight is 376 g/mol. The first-order chi connectivity index (χ1) is 13.7. The van der Waals surface area contributed by atoms with Gasteiger partial charge in [-0.25, -0.2) is 0 Å². The van der Waals surface area contributed by atoms with Crippen LogP contribution in [0.5, 0.6) is 17.2 Å². The Labute approximate surface area is 162 Å². The Kier molecular flexibility index (Phi) is 5.01. The van der Waals surface area contributed by atoms with E-state index in [1.807, 2.05) is 36.5 Å². The van der Waals surface area contributed by atoms with E-state index < -0.39 is 0 Å². The predicted molar refractivity (Wildman–Crippen MR) is 107 cm³/mol. The van der Waals surface area contributed by atoms with Crippen LogP contribution in [0.15, 0.2) is 60.8 Å². The van der Waals surface area contributed by atoms with Gasteiger partial charge < -0.3 is 24.9 Å². The van der Waals surface area contributed by atoms with Crippen LogP contribution in [-0.2, 0) is 11.2 Å². The van der Waals surface area contributed by atoms with Crippen molar-refractivity contribution in [3.8, 4) is 17.2 Å². The number of aromatic hydroxyl groups is 1. The molecule has 3 aromatic rings. The third kappa shape index (κ3) is 4.01. The van der Waals surface area contributed by atoms with Crippen LogP contribution in [0.2, 0.25) is 0 Å². The van der Waals surface area contributed by atoms with Crippen LogP contribution >= 0.6 is 0 Å². The van der Waals surface area contributed by atoms with Crippen LogP contribution in [0.3, 0.4) is 0 Å². The molecule has 28 heavy (non-hydrogen) atoms. The number of ether oxygens (including phenoxy) is 2. The molecule has 0 saturated carbocycles. The number of carbonyl (C=O) groups excluding carboxylic acids is 1. The largest absolute Gasteiger partial charge is 0.508 e. The van der Waals surface area contributed by atoms with Crippen LogP contribution in [0.4, 0.5) is 0 Å². The number of aromatic amines is 1. The Morgan fingerprint density at radius 1 is 1.14 bits per heavy atom. The fourth-order valence-corrected chi connectivity index (χ4v) is 3.08. The maximum absolute atomic E-state index is 11.9. The minimum absolute atomic E-state index is 0.155. The molecule has 0 spiro atoms. The number of aromatic nitrogens is 1. The van der Waals surface area contributed by atoms with Crippen molar-refractivity contribution in [2.45, 2.75) is 6.42 Å². The quantitative estimate of drug-likeness (QED) is 0.454. The number of nitrogens with one attached hydrogen (secondary N) is 2. The SMILES string of the molecule is O=C(/C=C/C=C/c1ccc2c(c1)OCO2)NCCc1c[nH]c2ccc(O)cc12. The maximum Gasteiger partial charge on any atom is 0.243 e. The summed E-state index contributed by atoms with van der Waals surface area (Å²) >= 11 is 0. The number of phenols is 1. The van der Waals surface area contributed by atoms with Gasteiger partial charge in [-0.3, -0.25) is 4.79 Å². The fourth-order valence-electron chi connectivity index (χ4n) is 3.08. The molecule has 0 saturated heterocycles. The topological polar surface area (TPSA) is 83.6 Å². The number of amides is 1. The third-order valence-electron chi connectivity index (χ3n) is 4.49. The summed E-state index contributed by atoms with van der Waals surface area (Å²) in [7, 11) is 0. The van der Waals surface area contributed by atoms with Crippen LogP contribution in [-0.4, -0.2) is 29.3 Å². The first-order valence-electron chi connectivity index (χ1n) is 9.00. The van der Waals surface area contributed by atoms with Crippen molar-refractivity contribution in [2.75, 3.05) is 13.3 Å². The van der Waals surface area contributed by atoms with Gasteiger partial charge in [-0.05, 0) is 47.9 Å². The number of carbonyl (C=O) groups is 1. The summed E-state index contributed by atoms with van der Waals surface area (Å²) in [6, 6.07) is 10.9. The van der Waals surface area contributed by atoms with E-state index in [0.717, 1.165) is 33.5 Å². The van der Waals surface area contributed by atoms with E-state index in [2.05, 4.69) is 10.3 Å². The Bertz CT molecular complexity index is 1070. The molecule has 2 aromatic carbocycles. The highest BCUT2D eigenvalue weighted by Gasteiger charge is 2.12. The fraction of sp³-hybridized carbons (Fsp3) is 0.136. The molecule has 2 heterocycles. The summed E-state index contributed by atoms with van der Waals surface area (Å²) in [5.41, 5.74) is 2.99. The Morgan fingerprint density at radius 2 is 2.04 bits per heavy atom. The van der Waals surface area contributed by atoms with Gasteiger partial charge in [-0.15, -0.1) is 0 Å². The van der Waals surface area contributed by atoms with Gasteiger partial charge in [0, 0.05) is 29.7 Å². The maximum atomic E-state index is 11.9. The lowest BCUT2D eigenvalue weighted by molar-refractivity contribution is -0.116. The highest BCUT2D eigenvalue weighted by molar-refractivity contribution is 5.88. The second-order valence-corrected chi connectivity index (χ2v) is 6.42. The first kappa shape index (κ1) is 17.7. The number of allylic oxidation sites excluding steroid dienone is 2. The zero-order valence-electron chi connectivity index (χ0n) is 15.1.